The lowest BCUT2D eigenvalue weighted by atomic mass is 9.85. The lowest BCUT2D eigenvalue weighted by Gasteiger charge is -2.28. The number of amides is 2. The summed E-state index contributed by atoms with van der Waals surface area (Å²) in [5.41, 5.74) is 0.0999. The maximum Gasteiger partial charge on any atom is 0.317 e. The number of rotatable bonds is 4. The summed E-state index contributed by atoms with van der Waals surface area (Å²) in [5, 5.41) is 12.2. The summed E-state index contributed by atoms with van der Waals surface area (Å²) in [7, 11) is 0. The number of carboxylic acids is 1. The minimum absolute atomic E-state index is 0.194. The number of aliphatic carboxylic acids is 1. The fourth-order valence-electron chi connectivity index (χ4n) is 2.72. The minimum atomic E-state index is -0.844. The molecule has 126 valence electrons. The number of carboxylic acid groups (broad SMARTS) is 1. The van der Waals surface area contributed by atoms with Crippen LogP contribution in [0.1, 0.15) is 32.8 Å². The third-order valence-corrected chi connectivity index (χ3v) is 5.11. The molecule has 1 aromatic carbocycles. The lowest BCUT2D eigenvalue weighted by Crippen LogP contribution is -2.45. The molecule has 1 unspecified atom stereocenters. The Labute approximate surface area is 145 Å². The van der Waals surface area contributed by atoms with Gasteiger partial charge in [-0.05, 0) is 31.0 Å². The topological polar surface area (TPSA) is 69.6 Å². The second-order valence-electron chi connectivity index (χ2n) is 7.09. The van der Waals surface area contributed by atoms with Crippen molar-refractivity contribution >= 4 is 27.9 Å². The normalized spacial score (nSPS) is 21.3. The minimum Gasteiger partial charge on any atom is -0.481 e. The quantitative estimate of drug-likeness (QED) is 0.839. The van der Waals surface area contributed by atoms with Gasteiger partial charge in [-0.1, -0.05) is 41.9 Å². The molecular formula is C17H23BrN2O3. The van der Waals surface area contributed by atoms with Gasteiger partial charge >= 0.3 is 12.0 Å². The van der Waals surface area contributed by atoms with Crippen LogP contribution < -0.4 is 5.32 Å². The summed E-state index contributed by atoms with van der Waals surface area (Å²) in [6, 6.07) is 7.84. The lowest BCUT2D eigenvalue weighted by molar-refractivity contribution is -0.147. The van der Waals surface area contributed by atoms with Gasteiger partial charge in [-0.15, -0.1) is 0 Å². The Morgan fingerprint density at radius 2 is 1.96 bits per heavy atom. The highest BCUT2D eigenvalue weighted by molar-refractivity contribution is 9.10. The second kappa shape index (κ2) is 6.51. The van der Waals surface area contributed by atoms with Crippen molar-refractivity contribution in [1.29, 1.82) is 0 Å². The number of carbonyl (C=O) groups is 2. The molecule has 1 aliphatic rings. The fourth-order valence-corrected chi connectivity index (χ4v) is 2.98. The molecule has 1 aliphatic heterocycles. The molecule has 0 aromatic heterocycles. The zero-order chi connectivity index (χ0) is 17.3. The van der Waals surface area contributed by atoms with Gasteiger partial charge in [-0.25, -0.2) is 4.79 Å². The van der Waals surface area contributed by atoms with Gasteiger partial charge in [-0.3, -0.25) is 4.79 Å². The van der Waals surface area contributed by atoms with Crippen LogP contribution in [-0.4, -0.2) is 41.6 Å². The summed E-state index contributed by atoms with van der Waals surface area (Å²) in [4.78, 5) is 25.2. The molecule has 1 aromatic rings. The van der Waals surface area contributed by atoms with Crippen LogP contribution in [0.15, 0.2) is 28.7 Å². The van der Waals surface area contributed by atoms with Gasteiger partial charge in [0.1, 0.15) is 0 Å². The van der Waals surface area contributed by atoms with Crippen molar-refractivity contribution in [3.63, 3.8) is 0 Å². The highest BCUT2D eigenvalue weighted by atomic mass is 79.9. The van der Waals surface area contributed by atoms with Gasteiger partial charge in [0.25, 0.3) is 0 Å². The molecule has 6 heteroatoms. The molecule has 2 amide bonds. The number of carbonyl (C=O) groups excluding carboxylic acids is 1. The molecule has 1 fully saturated rings. The smallest absolute Gasteiger partial charge is 0.317 e. The fraction of sp³-hybridized carbons (Fsp3) is 0.529. The molecule has 5 nitrogen and oxygen atoms in total. The van der Waals surface area contributed by atoms with Crippen molar-refractivity contribution < 1.29 is 14.7 Å². The summed E-state index contributed by atoms with van der Waals surface area (Å²) in [6.07, 6.45) is 0.492. The molecule has 0 radical (unpaired) electrons. The van der Waals surface area contributed by atoms with Crippen LogP contribution in [0.3, 0.4) is 0 Å². The molecule has 0 bridgehead atoms. The highest BCUT2D eigenvalue weighted by Crippen LogP contribution is 2.30. The van der Waals surface area contributed by atoms with Gasteiger partial charge in [0, 0.05) is 29.5 Å². The molecule has 2 N–H and O–H groups in total. The van der Waals surface area contributed by atoms with Crippen molar-refractivity contribution in [2.24, 2.45) is 5.41 Å². The zero-order valence-corrected chi connectivity index (χ0v) is 15.3. The van der Waals surface area contributed by atoms with Crippen LogP contribution >= 0.6 is 15.9 Å². The van der Waals surface area contributed by atoms with Crippen LogP contribution in [0.2, 0.25) is 0 Å². The van der Waals surface area contributed by atoms with E-state index in [-0.39, 0.29) is 18.0 Å². The van der Waals surface area contributed by atoms with E-state index >= 15 is 0 Å². The Kier molecular flexibility index (Phi) is 5.04. The Morgan fingerprint density at radius 1 is 1.35 bits per heavy atom. The SMILES string of the molecule is CC1(C(=O)O)CCN(C(=O)NCC(C)(C)c2ccc(Br)cc2)C1. The molecule has 1 saturated heterocycles. The molecule has 2 rings (SSSR count). The Hall–Kier alpha value is -1.56. The van der Waals surface area contributed by atoms with Crippen LogP contribution in [-0.2, 0) is 10.2 Å². The average Bonchev–Trinajstić information content (AvgIpc) is 2.89. The zero-order valence-electron chi connectivity index (χ0n) is 13.7. The van der Waals surface area contributed by atoms with Crippen LogP contribution in [0.4, 0.5) is 4.79 Å². The van der Waals surface area contributed by atoms with E-state index in [4.69, 9.17) is 0 Å². The van der Waals surface area contributed by atoms with E-state index in [0.29, 0.717) is 19.5 Å². The van der Waals surface area contributed by atoms with Crippen molar-refractivity contribution in [1.82, 2.24) is 10.2 Å². The van der Waals surface area contributed by atoms with Gasteiger partial charge in [0.2, 0.25) is 0 Å². The van der Waals surface area contributed by atoms with Crippen LogP contribution in [0.5, 0.6) is 0 Å². The molecule has 0 saturated carbocycles. The van der Waals surface area contributed by atoms with E-state index < -0.39 is 11.4 Å². The number of halogens is 1. The molecule has 0 spiro atoms. The first-order valence-corrected chi connectivity index (χ1v) is 8.46. The van der Waals surface area contributed by atoms with Gasteiger partial charge in [0.05, 0.1) is 5.41 Å². The predicted molar refractivity (Wildman–Crippen MR) is 92.5 cm³/mol. The number of benzene rings is 1. The third kappa shape index (κ3) is 4.05. The first-order chi connectivity index (χ1) is 10.6. The van der Waals surface area contributed by atoms with E-state index in [0.717, 1.165) is 10.0 Å². The van der Waals surface area contributed by atoms with Gasteiger partial charge in [-0.2, -0.15) is 0 Å². The van der Waals surface area contributed by atoms with E-state index in [1.807, 2.05) is 24.3 Å². The average molecular weight is 383 g/mol. The first-order valence-electron chi connectivity index (χ1n) is 7.66. The van der Waals surface area contributed by atoms with E-state index in [9.17, 15) is 14.7 Å². The summed E-state index contributed by atoms with van der Waals surface area (Å²) < 4.78 is 1.02. The maximum absolute atomic E-state index is 12.3. The molecule has 23 heavy (non-hydrogen) atoms. The van der Waals surface area contributed by atoms with E-state index in [2.05, 4.69) is 35.1 Å². The maximum atomic E-state index is 12.3. The number of nitrogens with one attached hydrogen (secondary N) is 1. The highest BCUT2D eigenvalue weighted by Gasteiger charge is 2.42. The molecule has 0 aliphatic carbocycles. The Bertz CT molecular complexity index is 600. The summed E-state index contributed by atoms with van der Waals surface area (Å²) in [6.45, 7) is 7.06. The van der Waals surface area contributed by atoms with E-state index in [1.165, 1.54) is 0 Å². The molecular weight excluding hydrogens is 360 g/mol. The number of urea groups is 1. The van der Waals surface area contributed by atoms with Crippen LogP contribution in [0.25, 0.3) is 0 Å². The van der Waals surface area contributed by atoms with Crippen molar-refractivity contribution in [3.8, 4) is 0 Å². The standard InChI is InChI=1S/C17H23BrN2O3/c1-16(2,12-4-6-13(18)7-5-12)10-19-15(23)20-9-8-17(3,11-20)14(21)22/h4-7H,8-11H2,1-3H3,(H,19,23)(H,21,22). The predicted octanol–water partition coefficient (Wildman–Crippen LogP) is 3.23. The molecule has 1 atom stereocenters. The number of hydrogen-bond acceptors (Lipinski definition) is 2. The largest absolute Gasteiger partial charge is 0.481 e. The summed E-state index contributed by atoms with van der Waals surface area (Å²) >= 11 is 3.42. The van der Waals surface area contributed by atoms with E-state index in [1.54, 1.807) is 11.8 Å². The van der Waals surface area contributed by atoms with Crippen molar-refractivity contribution in [3.05, 3.63) is 34.3 Å². The number of hydrogen-bond donors (Lipinski definition) is 2. The third-order valence-electron chi connectivity index (χ3n) is 4.58. The van der Waals surface area contributed by atoms with Crippen LogP contribution in [0, 0.1) is 5.41 Å². The summed E-state index contributed by atoms with van der Waals surface area (Å²) in [5.74, 6) is -0.844. The monoisotopic (exact) mass is 382 g/mol. The first kappa shape index (κ1) is 17.8. The van der Waals surface area contributed by atoms with Crippen molar-refractivity contribution in [2.45, 2.75) is 32.6 Å². The molecule has 1 heterocycles. The number of likely N-dealkylation sites (tertiary alicyclic amines) is 1. The second-order valence-corrected chi connectivity index (χ2v) is 8.00. The Morgan fingerprint density at radius 3 is 2.48 bits per heavy atom. The van der Waals surface area contributed by atoms with Crippen molar-refractivity contribution in [2.75, 3.05) is 19.6 Å². The van der Waals surface area contributed by atoms with Gasteiger partial charge < -0.3 is 15.3 Å². The Balaban J connectivity index is 1.94. The van der Waals surface area contributed by atoms with Gasteiger partial charge in [0.15, 0.2) is 0 Å². The number of nitrogens with zero attached hydrogens (tertiary/aromatic N) is 1.